The van der Waals surface area contributed by atoms with E-state index in [0.29, 0.717) is 35.8 Å². The van der Waals surface area contributed by atoms with Crippen LogP contribution in [0, 0.1) is 25.7 Å². The van der Waals surface area contributed by atoms with Gasteiger partial charge in [0.05, 0.1) is 5.69 Å². The monoisotopic (exact) mass is 352 g/mol. The molecule has 7 heteroatoms. The van der Waals surface area contributed by atoms with Crippen molar-refractivity contribution in [2.45, 2.75) is 65.8 Å². The quantitative estimate of drug-likeness (QED) is 0.571. The average Bonchev–Trinajstić information content (AvgIpc) is 2.86. The zero-order valence-electron chi connectivity index (χ0n) is 14.9. The van der Waals surface area contributed by atoms with E-state index < -0.39 is 0 Å². The molecular weight excluding hydrogens is 324 g/mol. The maximum absolute atomic E-state index is 12.0. The van der Waals surface area contributed by atoms with Gasteiger partial charge in [-0.05, 0) is 50.7 Å². The highest BCUT2D eigenvalue weighted by atomic mass is 32.1. The fourth-order valence-electron chi connectivity index (χ4n) is 3.28. The van der Waals surface area contributed by atoms with E-state index in [-0.39, 0.29) is 5.91 Å². The number of nitrogens with one attached hydrogen (secondary N) is 3. The number of carbonyl (C=O) groups excluding carboxylic acids is 1. The smallest absolute Gasteiger partial charge is 0.238 e. The third-order valence-electron chi connectivity index (χ3n) is 5.12. The summed E-state index contributed by atoms with van der Waals surface area (Å²) in [6.45, 7) is 8.28. The maximum atomic E-state index is 12.0. The van der Waals surface area contributed by atoms with Gasteiger partial charge in [0.15, 0.2) is 5.11 Å². The SMILES string of the molecule is Cc1noc(C)c1CCC(=O)NNC(=S)N[C@@H]1CCC[C@H](C)[C@@H]1C. The van der Waals surface area contributed by atoms with Crippen molar-refractivity contribution in [2.24, 2.45) is 11.8 Å². The van der Waals surface area contributed by atoms with Crippen LogP contribution in [0.2, 0.25) is 0 Å². The first-order valence-corrected chi connectivity index (χ1v) is 9.06. The standard InChI is InChI=1S/C17H28N4O2S/c1-10-6-5-7-15(11(10)2)18-17(24)20-19-16(22)9-8-14-12(3)21-23-13(14)4/h10-11,15H,5-9H2,1-4H3,(H,19,22)(H2,18,20,24)/t10-,11-,15+/m0/s1. The van der Waals surface area contributed by atoms with Crippen LogP contribution in [0.15, 0.2) is 4.52 Å². The van der Waals surface area contributed by atoms with Gasteiger partial charge in [0, 0.05) is 18.0 Å². The third kappa shape index (κ3) is 4.93. The maximum Gasteiger partial charge on any atom is 0.238 e. The van der Waals surface area contributed by atoms with E-state index in [1.165, 1.54) is 12.8 Å². The van der Waals surface area contributed by atoms with Crippen LogP contribution in [-0.4, -0.2) is 22.2 Å². The fraction of sp³-hybridized carbons (Fsp3) is 0.706. The van der Waals surface area contributed by atoms with Gasteiger partial charge in [0.25, 0.3) is 0 Å². The molecule has 1 amide bonds. The molecule has 2 rings (SSSR count). The largest absolute Gasteiger partial charge is 0.361 e. The second-order valence-corrected chi connectivity index (χ2v) is 7.23. The van der Waals surface area contributed by atoms with Crippen LogP contribution in [0.25, 0.3) is 0 Å². The van der Waals surface area contributed by atoms with Crippen LogP contribution in [0.3, 0.4) is 0 Å². The van der Waals surface area contributed by atoms with E-state index in [9.17, 15) is 4.79 Å². The second-order valence-electron chi connectivity index (χ2n) is 6.82. The van der Waals surface area contributed by atoms with E-state index in [0.717, 1.165) is 23.4 Å². The van der Waals surface area contributed by atoms with Gasteiger partial charge >= 0.3 is 0 Å². The van der Waals surface area contributed by atoms with Crippen molar-refractivity contribution in [1.82, 2.24) is 21.3 Å². The Labute approximate surface area is 149 Å². The lowest BCUT2D eigenvalue weighted by atomic mass is 9.78. The summed E-state index contributed by atoms with van der Waals surface area (Å²) in [5, 5.41) is 7.69. The van der Waals surface area contributed by atoms with Crippen molar-refractivity contribution in [3.05, 3.63) is 17.0 Å². The number of aromatic nitrogens is 1. The molecule has 24 heavy (non-hydrogen) atoms. The predicted octanol–water partition coefficient (Wildman–Crippen LogP) is 2.54. The molecule has 0 aromatic carbocycles. The summed E-state index contributed by atoms with van der Waals surface area (Å²) in [5.74, 6) is 1.94. The van der Waals surface area contributed by atoms with Gasteiger partial charge in [-0.3, -0.25) is 15.6 Å². The summed E-state index contributed by atoms with van der Waals surface area (Å²) >= 11 is 5.29. The number of carbonyl (C=O) groups is 1. The molecule has 3 atom stereocenters. The Kier molecular flexibility index (Phi) is 6.60. The van der Waals surface area contributed by atoms with Crippen molar-refractivity contribution in [3.8, 4) is 0 Å². The molecule has 0 radical (unpaired) electrons. The Balaban J connectivity index is 1.70. The normalized spacial score (nSPS) is 23.6. The Hall–Kier alpha value is -1.63. The number of aryl methyl sites for hydroxylation is 2. The number of hydrogen-bond acceptors (Lipinski definition) is 4. The highest BCUT2D eigenvalue weighted by molar-refractivity contribution is 7.80. The lowest BCUT2D eigenvalue weighted by Crippen LogP contribution is -2.52. The molecule has 1 fully saturated rings. The zero-order valence-corrected chi connectivity index (χ0v) is 15.8. The number of rotatable bonds is 4. The minimum absolute atomic E-state index is 0.107. The molecule has 0 spiro atoms. The van der Waals surface area contributed by atoms with Gasteiger partial charge in [-0.15, -0.1) is 0 Å². The van der Waals surface area contributed by atoms with Gasteiger partial charge < -0.3 is 9.84 Å². The fourth-order valence-corrected chi connectivity index (χ4v) is 3.48. The second kappa shape index (κ2) is 8.46. The van der Waals surface area contributed by atoms with Gasteiger partial charge in [0.2, 0.25) is 5.91 Å². The lowest BCUT2D eigenvalue weighted by molar-refractivity contribution is -0.121. The Morgan fingerprint density at radius 3 is 2.71 bits per heavy atom. The number of thiocarbonyl (C=S) groups is 1. The molecule has 1 aromatic heterocycles. The Morgan fingerprint density at radius 1 is 1.29 bits per heavy atom. The zero-order chi connectivity index (χ0) is 17.7. The van der Waals surface area contributed by atoms with Crippen LogP contribution < -0.4 is 16.2 Å². The van der Waals surface area contributed by atoms with E-state index >= 15 is 0 Å². The van der Waals surface area contributed by atoms with Crippen molar-refractivity contribution in [1.29, 1.82) is 0 Å². The Bertz CT molecular complexity index is 568. The predicted molar refractivity (Wildman–Crippen MR) is 97.3 cm³/mol. The van der Waals surface area contributed by atoms with Crippen LogP contribution in [0.5, 0.6) is 0 Å². The first kappa shape index (κ1) is 18.7. The van der Waals surface area contributed by atoms with Gasteiger partial charge in [-0.25, -0.2) is 0 Å². The molecular formula is C17H28N4O2S. The highest BCUT2D eigenvalue weighted by Gasteiger charge is 2.27. The Morgan fingerprint density at radius 2 is 2.04 bits per heavy atom. The number of hydrogen-bond donors (Lipinski definition) is 3. The third-order valence-corrected chi connectivity index (χ3v) is 5.34. The van der Waals surface area contributed by atoms with Gasteiger partial charge in [-0.1, -0.05) is 31.8 Å². The number of nitrogens with zero attached hydrogens (tertiary/aromatic N) is 1. The van der Waals surface area contributed by atoms with Crippen LogP contribution in [0.1, 0.15) is 56.5 Å². The topological polar surface area (TPSA) is 79.2 Å². The molecule has 1 aliphatic carbocycles. The van der Waals surface area contributed by atoms with Crippen LogP contribution in [-0.2, 0) is 11.2 Å². The first-order chi connectivity index (χ1) is 11.4. The summed E-state index contributed by atoms with van der Waals surface area (Å²) in [6, 6.07) is 0.368. The molecule has 1 aromatic rings. The van der Waals surface area contributed by atoms with Crippen LogP contribution in [0.4, 0.5) is 0 Å². The van der Waals surface area contributed by atoms with Crippen molar-refractivity contribution in [3.63, 3.8) is 0 Å². The summed E-state index contributed by atoms with van der Waals surface area (Å²) in [7, 11) is 0. The number of hydrazine groups is 1. The van der Waals surface area contributed by atoms with E-state index in [1.54, 1.807) is 0 Å². The molecule has 1 saturated carbocycles. The molecule has 3 N–H and O–H groups in total. The molecule has 134 valence electrons. The molecule has 6 nitrogen and oxygen atoms in total. The summed E-state index contributed by atoms with van der Waals surface area (Å²) in [5.41, 5.74) is 7.30. The molecule has 1 heterocycles. The van der Waals surface area contributed by atoms with Crippen LogP contribution >= 0.6 is 12.2 Å². The molecule has 0 bridgehead atoms. The lowest BCUT2D eigenvalue weighted by Gasteiger charge is -2.35. The minimum atomic E-state index is -0.107. The molecule has 0 unspecified atom stereocenters. The van der Waals surface area contributed by atoms with Crippen molar-refractivity contribution < 1.29 is 9.32 Å². The molecule has 0 aliphatic heterocycles. The van der Waals surface area contributed by atoms with E-state index in [4.69, 9.17) is 16.7 Å². The molecule has 0 saturated heterocycles. The van der Waals surface area contributed by atoms with Gasteiger partial charge in [-0.2, -0.15) is 0 Å². The first-order valence-electron chi connectivity index (χ1n) is 8.65. The van der Waals surface area contributed by atoms with E-state index in [2.05, 4.69) is 35.2 Å². The number of amides is 1. The summed E-state index contributed by atoms with van der Waals surface area (Å²) < 4.78 is 5.10. The minimum Gasteiger partial charge on any atom is -0.361 e. The summed E-state index contributed by atoms with van der Waals surface area (Å²) in [6.07, 6.45) is 4.57. The molecule has 1 aliphatic rings. The summed E-state index contributed by atoms with van der Waals surface area (Å²) in [4.78, 5) is 12.0. The van der Waals surface area contributed by atoms with Crippen molar-refractivity contribution in [2.75, 3.05) is 0 Å². The highest BCUT2D eigenvalue weighted by Crippen LogP contribution is 2.29. The van der Waals surface area contributed by atoms with Gasteiger partial charge in [0.1, 0.15) is 5.76 Å². The average molecular weight is 353 g/mol. The van der Waals surface area contributed by atoms with E-state index in [1.807, 2.05) is 13.8 Å². The van der Waals surface area contributed by atoms with Crippen molar-refractivity contribution >= 4 is 23.2 Å².